The molecule has 0 unspecified atom stereocenters. The number of halogens is 1. The number of hydrogen-bond acceptors (Lipinski definition) is 7. The molecule has 2 aromatic rings. The number of nitrogens with zero attached hydrogens (tertiary/aromatic N) is 2. The van der Waals surface area contributed by atoms with Crippen molar-refractivity contribution >= 4 is 38.9 Å². The molecule has 1 N–H and O–H groups in total. The maximum Gasteiger partial charge on any atom is 0.310 e. The van der Waals surface area contributed by atoms with Crippen molar-refractivity contribution in [1.29, 1.82) is 0 Å². The first-order valence-corrected chi connectivity index (χ1v) is 10.2. The van der Waals surface area contributed by atoms with Gasteiger partial charge in [-0.2, -0.15) is 4.98 Å². The van der Waals surface area contributed by atoms with Crippen LogP contribution in [0, 0.1) is 0 Å². The van der Waals surface area contributed by atoms with Crippen molar-refractivity contribution in [2.24, 2.45) is 0 Å². The van der Waals surface area contributed by atoms with Crippen LogP contribution in [0.2, 0.25) is 5.28 Å². The van der Waals surface area contributed by atoms with Crippen molar-refractivity contribution in [1.82, 2.24) is 9.97 Å². The standard InChI is InChI=1S/C17H18ClN3O4S/c1-2-25-14(22)10-11-5-7-12(8-6-11)19-16-15-13(20-17(18)21-16)4-3-9-26(15,23)24/h5-8H,2-4,9-10H2,1H3,(H,19,20,21). The van der Waals surface area contributed by atoms with Crippen LogP contribution in [0.15, 0.2) is 29.2 Å². The Morgan fingerprint density at radius 3 is 2.69 bits per heavy atom. The lowest BCUT2D eigenvalue weighted by molar-refractivity contribution is -0.142. The van der Waals surface area contributed by atoms with Crippen molar-refractivity contribution in [2.45, 2.75) is 31.1 Å². The number of aromatic nitrogens is 2. The van der Waals surface area contributed by atoms with E-state index in [0.29, 0.717) is 30.8 Å². The van der Waals surface area contributed by atoms with E-state index in [0.717, 1.165) is 5.56 Å². The summed E-state index contributed by atoms with van der Waals surface area (Å²) < 4.78 is 29.8. The number of aryl methyl sites for hydroxylation is 1. The molecule has 0 fully saturated rings. The van der Waals surface area contributed by atoms with Crippen molar-refractivity contribution in [2.75, 3.05) is 17.7 Å². The highest BCUT2D eigenvalue weighted by atomic mass is 35.5. The molecule has 1 aliphatic rings. The van der Waals surface area contributed by atoms with Gasteiger partial charge in [-0.15, -0.1) is 0 Å². The van der Waals surface area contributed by atoms with Crippen molar-refractivity contribution in [3.8, 4) is 0 Å². The van der Waals surface area contributed by atoms with Gasteiger partial charge in [0.2, 0.25) is 5.28 Å². The molecule has 1 aromatic heterocycles. The molecule has 1 aliphatic heterocycles. The molecule has 0 saturated carbocycles. The Bertz CT molecular complexity index is 930. The van der Waals surface area contributed by atoms with Crippen LogP contribution in [0.25, 0.3) is 0 Å². The molecular weight excluding hydrogens is 378 g/mol. The highest BCUT2D eigenvalue weighted by Gasteiger charge is 2.30. The summed E-state index contributed by atoms with van der Waals surface area (Å²) in [6.07, 6.45) is 1.24. The summed E-state index contributed by atoms with van der Waals surface area (Å²) in [6, 6.07) is 7.02. The minimum absolute atomic E-state index is 0.00211. The predicted octanol–water partition coefficient (Wildman–Crippen LogP) is 2.70. The Morgan fingerprint density at radius 2 is 2.00 bits per heavy atom. The van der Waals surface area contributed by atoms with Gasteiger partial charge in [0, 0.05) is 5.69 Å². The zero-order valence-electron chi connectivity index (χ0n) is 14.2. The smallest absolute Gasteiger partial charge is 0.310 e. The topological polar surface area (TPSA) is 98.2 Å². The Labute approximate surface area is 156 Å². The van der Waals surface area contributed by atoms with Crippen LogP contribution in [0.4, 0.5) is 11.5 Å². The molecular formula is C17H18ClN3O4S. The molecule has 3 rings (SSSR count). The molecule has 9 heteroatoms. The van der Waals surface area contributed by atoms with Crippen LogP contribution in [0.3, 0.4) is 0 Å². The van der Waals surface area contributed by atoms with Crippen molar-refractivity contribution < 1.29 is 17.9 Å². The van der Waals surface area contributed by atoms with Crippen LogP contribution >= 0.6 is 11.6 Å². The van der Waals surface area contributed by atoms with Crippen LogP contribution in [0.5, 0.6) is 0 Å². The second kappa shape index (κ2) is 7.59. The summed E-state index contributed by atoms with van der Waals surface area (Å²) >= 11 is 5.94. The van der Waals surface area contributed by atoms with Gasteiger partial charge in [-0.3, -0.25) is 4.79 Å². The molecule has 2 heterocycles. The Hall–Kier alpha value is -2.19. The lowest BCUT2D eigenvalue weighted by Gasteiger charge is -2.19. The summed E-state index contributed by atoms with van der Waals surface area (Å²) in [7, 11) is -3.45. The van der Waals surface area contributed by atoms with E-state index in [-0.39, 0.29) is 34.1 Å². The fraction of sp³-hybridized carbons (Fsp3) is 0.353. The summed E-state index contributed by atoms with van der Waals surface area (Å²) in [5.41, 5.74) is 1.87. The number of anilines is 2. The first kappa shape index (κ1) is 18.6. The Morgan fingerprint density at radius 1 is 1.27 bits per heavy atom. The van der Waals surface area contributed by atoms with E-state index in [2.05, 4.69) is 15.3 Å². The highest BCUT2D eigenvalue weighted by Crippen LogP contribution is 2.32. The number of esters is 1. The van der Waals surface area contributed by atoms with E-state index in [4.69, 9.17) is 16.3 Å². The minimum atomic E-state index is -3.45. The van der Waals surface area contributed by atoms with E-state index >= 15 is 0 Å². The summed E-state index contributed by atoms with van der Waals surface area (Å²) in [5.74, 6) is -0.0492. The second-order valence-electron chi connectivity index (χ2n) is 5.84. The van der Waals surface area contributed by atoms with Crippen LogP contribution in [-0.4, -0.2) is 36.7 Å². The average Bonchev–Trinajstić information content (AvgIpc) is 2.55. The molecule has 0 saturated heterocycles. The first-order chi connectivity index (χ1) is 12.4. The minimum Gasteiger partial charge on any atom is -0.466 e. The number of nitrogens with one attached hydrogen (secondary N) is 1. The van der Waals surface area contributed by atoms with E-state index in [1.165, 1.54) is 0 Å². The summed E-state index contributed by atoms with van der Waals surface area (Å²) in [5, 5.41) is 3.01. The van der Waals surface area contributed by atoms with Gasteiger partial charge in [0.25, 0.3) is 0 Å². The average molecular weight is 396 g/mol. The van der Waals surface area contributed by atoms with Gasteiger partial charge < -0.3 is 10.1 Å². The highest BCUT2D eigenvalue weighted by molar-refractivity contribution is 7.91. The zero-order chi connectivity index (χ0) is 18.7. The van der Waals surface area contributed by atoms with E-state index < -0.39 is 9.84 Å². The van der Waals surface area contributed by atoms with Gasteiger partial charge >= 0.3 is 5.97 Å². The predicted molar refractivity (Wildman–Crippen MR) is 97.5 cm³/mol. The number of sulfone groups is 1. The van der Waals surface area contributed by atoms with Crippen LogP contribution in [-0.2, 0) is 32.2 Å². The molecule has 138 valence electrons. The van der Waals surface area contributed by atoms with Gasteiger partial charge in [-0.1, -0.05) is 12.1 Å². The largest absolute Gasteiger partial charge is 0.466 e. The number of rotatable bonds is 5. The van der Waals surface area contributed by atoms with Crippen LogP contribution in [0.1, 0.15) is 24.6 Å². The quantitative estimate of drug-likeness (QED) is 0.613. The maximum absolute atomic E-state index is 12.4. The second-order valence-corrected chi connectivity index (χ2v) is 8.23. The maximum atomic E-state index is 12.4. The monoisotopic (exact) mass is 395 g/mol. The number of carbonyl (C=O) groups excluding carboxylic acids is 1. The lowest BCUT2D eigenvalue weighted by atomic mass is 10.1. The third-order valence-corrected chi connectivity index (χ3v) is 5.96. The number of fused-ring (bicyclic) bond motifs is 1. The van der Waals surface area contributed by atoms with Gasteiger partial charge in [-0.25, -0.2) is 13.4 Å². The molecule has 1 aromatic carbocycles. The molecule has 7 nitrogen and oxygen atoms in total. The van der Waals surface area contributed by atoms with Crippen molar-refractivity contribution in [3.63, 3.8) is 0 Å². The van der Waals surface area contributed by atoms with E-state index in [1.807, 2.05) is 0 Å². The Balaban J connectivity index is 1.86. The fourth-order valence-electron chi connectivity index (χ4n) is 2.80. The van der Waals surface area contributed by atoms with Crippen LogP contribution < -0.4 is 5.32 Å². The molecule has 0 aliphatic carbocycles. The SMILES string of the molecule is CCOC(=O)Cc1ccc(Nc2nc(Cl)nc3c2S(=O)(=O)CCC3)cc1. The van der Waals surface area contributed by atoms with Gasteiger partial charge in [0.05, 0.1) is 24.5 Å². The van der Waals surface area contributed by atoms with Gasteiger partial charge in [-0.05, 0) is 49.1 Å². The third-order valence-electron chi connectivity index (χ3n) is 3.92. The number of benzene rings is 1. The Kier molecular flexibility index (Phi) is 5.43. The number of hydrogen-bond donors (Lipinski definition) is 1. The van der Waals surface area contributed by atoms with Crippen molar-refractivity contribution in [3.05, 3.63) is 40.8 Å². The van der Waals surface area contributed by atoms with E-state index in [1.54, 1.807) is 31.2 Å². The molecule has 0 bridgehead atoms. The van der Waals surface area contributed by atoms with Gasteiger partial charge in [0.1, 0.15) is 4.90 Å². The lowest BCUT2D eigenvalue weighted by Crippen LogP contribution is -2.20. The van der Waals surface area contributed by atoms with E-state index in [9.17, 15) is 13.2 Å². The molecule has 26 heavy (non-hydrogen) atoms. The first-order valence-electron chi connectivity index (χ1n) is 8.20. The summed E-state index contributed by atoms with van der Waals surface area (Å²) in [4.78, 5) is 19.8. The summed E-state index contributed by atoms with van der Waals surface area (Å²) in [6.45, 7) is 2.10. The molecule has 0 radical (unpaired) electrons. The zero-order valence-corrected chi connectivity index (χ0v) is 15.7. The molecule has 0 atom stereocenters. The van der Waals surface area contributed by atoms with Gasteiger partial charge in [0.15, 0.2) is 15.7 Å². The molecule has 0 spiro atoms. The fourth-order valence-corrected chi connectivity index (χ4v) is 4.61. The third kappa shape index (κ3) is 4.13. The normalized spacial score (nSPS) is 15.2. The number of carbonyl (C=O) groups is 1. The number of ether oxygens (including phenoxy) is 1. The molecule has 0 amide bonds.